The zero-order valence-corrected chi connectivity index (χ0v) is 27.6. The monoisotopic (exact) mass is 678 g/mol. The first-order valence-electron chi connectivity index (χ1n) is 14.7. The van der Waals surface area contributed by atoms with Crippen molar-refractivity contribution in [3.05, 3.63) is 167 Å². The fourth-order valence-corrected chi connectivity index (χ4v) is 6.36. The predicted octanol–water partition coefficient (Wildman–Crippen LogP) is 7.63. The molecule has 0 unspecified atom stereocenters. The standard InChI is InChI=1S/C38H30O8S2/c1-27-13-19-31(20-14-27)47(41,42)45-37-26-38(46-48(43,44)32-21-15-28(2)16-22-32)34(36(40)24-18-30-11-7-4-8-12-30)25-33(37)35(39)23-17-29-9-5-3-6-10-29/h3-26H,1-2H3/b23-17+,24-18+. The molecule has 0 N–H and O–H groups in total. The van der Waals surface area contributed by atoms with Crippen molar-refractivity contribution in [2.24, 2.45) is 0 Å². The van der Waals surface area contributed by atoms with E-state index in [0.717, 1.165) is 23.3 Å². The van der Waals surface area contributed by atoms with Gasteiger partial charge in [-0.05, 0) is 67.5 Å². The molecule has 0 bridgehead atoms. The molecule has 5 rings (SSSR count). The van der Waals surface area contributed by atoms with Crippen LogP contribution in [0.2, 0.25) is 0 Å². The highest BCUT2D eigenvalue weighted by Crippen LogP contribution is 2.35. The number of benzene rings is 5. The lowest BCUT2D eigenvalue weighted by molar-refractivity contribution is 0.104. The normalized spacial score (nSPS) is 11.9. The Morgan fingerprint density at radius 2 is 0.854 bits per heavy atom. The van der Waals surface area contributed by atoms with Gasteiger partial charge in [0, 0.05) is 6.07 Å². The topological polar surface area (TPSA) is 121 Å². The van der Waals surface area contributed by atoms with Crippen LogP contribution in [0.3, 0.4) is 0 Å². The number of ketones is 2. The molecule has 0 heterocycles. The van der Waals surface area contributed by atoms with Gasteiger partial charge in [-0.3, -0.25) is 9.59 Å². The quantitative estimate of drug-likeness (QED) is 0.0751. The van der Waals surface area contributed by atoms with Crippen LogP contribution in [0.25, 0.3) is 12.2 Å². The van der Waals surface area contributed by atoms with Crippen LogP contribution < -0.4 is 8.37 Å². The number of aryl methyl sites for hydroxylation is 2. The minimum absolute atomic E-state index is 0.202. The molecule has 242 valence electrons. The summed E-state index contributed by atoms with van der Waals surface area (Å²) in [5.74, 6) is -2.48. The van der Waals surface area contributed by atoms with Crippen LogP contribution in [0.1, 0.15) is 43.0 Å². The lowest BCUT2D eigenvalue weighted by Crippen LogP contribution is -2.16. The molecule has 0 amide bonds. The fourth-order valence-electron chi connectivity index (χ4n) is 4.48. The highest BCUT2D eigenvalue weighted by atomic mass is 32.2. The van der Waals surface area contributed by atoms with E-state index in [1.54, 1.807) is 86.6 Å². The Labute approximate surface area is 279 Å². The summed E-state index contributed by atoms with van der Waals surface area (Å²) in [6.07, 6.45) is 5.44. The number of carbonyl (C=O) groups is 2. The van der Waals surface area contributed by atoms with Crippen LogP contribution in [0, 0.1) is 13.8 Å². The molecule has 5 aromatic rings. The van der Waals surface area contributed by atoms with E-state index in [0.29, 0.717) is 11.1 Å². The van der Waals surface area contributed by atoms with Gasteiger partial charge in [-0.2, -0.15) is 16.8 Å². The van der Waals surface area contributed by atoms with Crippen LogP contribution in [0.4, 0.5) is 0 Å². The zero-order valence-electron chi connectivity index (χ0n) is 25.9. The number of carbonyl (C=O) groups excluding carboxylic acids is 2. The third kappa shape index (κ3) is 8.41. The van der Waals surface area contributed by atoms with Gasteiger partial charge < -0.3 is 8.37 Å². The van der Waals surface area contributed by atoms with E-state index in [2.05, 4.69) is 0 Å². The summed E-state index contributed by atoms with van der Waals surface area (Å²) in [4.78, 5) is 26.9. The molecule has 0 aliphatic heterocycles. The average Bonchev–Trinajstić information content (AvgIpc) is 3.07. The van der Waals surface area contributed by atoms with Gasteiger partial charge in [0.1, 0.15) is 9.79 Å². The molecular weight excluding hydrogens is 649 g/mol. The second-order valence-corrected chi connectivity index (χ2v) is 13.9. The first kappa shape index (κ1) is 33.8. The van der Waals surface area contributed by atoms with Crippen molar-refractivity contribution < 1.29 is 34.8 Å². The molecule has 0 saturated heterocycles. The van der Waals surface area contributed by atoms with E-state index < -0.39 is 43.3 Å². The molecule has 48 heavy (non-hydrogen) atoms. The smallest absolute Gasteiger partial charge is 0.339 e. The van der Waals surface area contributed by atoms with Gasteiger partial charge in [0.2, 0.25) is 0 Å². The molecule has 0 radical (unpaired) electrons. The van der Waals surface area contributed by atoms with E-state index in [1.807, 2.05) is 12.1 Å². The number of hydrogen-bond donors (Lipinski definition) is 0. The van der Waals surface area contributed by atoms with Crippen molar-refractivity contribution >= 4 is 44.0 Å². The first-order chi connectivity index (χ1) is 22.9. The van der Waals surface area contributed by atoms with E-state index in [1.165, 1.54) is 48.6 Å². The second kappa shape index (κ2) is 14.5. The van der Waals surface area contributed by atoms with Gasteiger partial charge in [-0.15, -0.1) is 0 Å². The lowest BCUT2D eigenvalue weighted by atomic mass is 10.0. The van der Waals surface area contributed by atoms with Gasteiger partial charge in [-0.25, -0.2) is 0 Å². The van der Waals surface area contributed by atoms with Crippen LogP contribution >= 0.6 is 0 Å². The molecule has 0 aromatic heterocycles. The highest BCUT2D eigenvalue weighted by Gasteiger charge is 2.27. The summed E-state index contributed by atoms with van der Waals surface area (Å²) >= 11 is 0. The summed E-state index contributed by atoms with van der Waals surface area (Å²) in [5, 5.41) is 0. The largest absolute Gasteiger partial charge is 0.378 e. The summed E-state index contributed by atoms with van der Waals surface area (Å²) in [7, 11) is -9.06. The molecule has 0 fully saturated rings. The highest BCUT2D eigenvalue weighted by molar-refractivity contribution is 7.87. The van der Waals surface area contributed by atoms with E-state index in [9.17, 15) is 26.4 Å². The van der Waals surface area contributed by atoms with Gasteiger partial charge in [-0.1, -0.05) is 108 Å². The Bertz CT molecular complexity index is 2060. The molecule has 0 saturated carbocycles. The number of hydrogen-bond acceptors (Lipinski definition) is 8. The van der Waals surface area contributed by atoms with Gasteiger partial charge in [0.15, 0.2) is 23.1 Å². The van der Waals surface area contributed by atoms with Crippen molar-refractivity contribution in [1.29, 1.82) is 0 Å². The minimum Gasteiger partial charge on any atom is -0.378 e. The Kier molecular flexibility index (Phi) is 10.2. The molecule has 0 aliphatic rings. The van der Waals surface area contributed by atoms with Gasteiger partial charge in [0.05, 0.1) is 11.1 Å². The minimum atomic E-state index is -4.53. The molecular formula is C38H30O8S2. The zero-order chi connectivity index (χ0) is 34.3. The van der Waals surface area contributed by atoms with Crippen molar-refractivity contribution in [3.8, 4) is 11.5 Å². The Morgan fingerprint density at radius 1 is 0.500 bits per heavy atom. The third-order valence-corrected chi connectivity index (χ3v) is 9.58. The van der Waals surface area contributed by atoms with Gasteiger partial charge >= 0.3 is 20.2 Å². The van der Waals surface area contributed by atoms with E-state index >= 15 is 0 Å². The maximum atomic E-state index is 13.7. The van der Waals surface area contributed by atoms with Gasteiger partial charge in [0.25, 0.3) is 0 Å². The SMILES string of the molecule is Cc1ccc(S(=O)(=O)Oc2cc(OS(=O)(=O)c3ccc(C)cc3)c(C(=O)/C=C/c3ccccc3)cc2C(=O)/C=C/c2ccccc2)cc1. The van der Waals surface area contributed by atoms with Crippen molar-refractivity contribution in [3.63, 3.8) is 0 Å². The lowest BCUT2D eigenvalue weighted by Gasteiger charge is -2.16. The third-order valence-electron chi connectivity index (χ3n) is 7.08. The molecule has 10 heteroatoms. The number of rotatable bonds is 12. The maximum Gasteiger partial charge on any atom is 0.339 e. The van der Waals surface area contributed by atoms with Crippen molar-refractivity contribution in [1.82, 2.24) is 0 Å². The maximum absolute atomic E-state index is 13.7. The van der Waals surface area contributed by atoms with Crippen LogP contribution in [-0.2, 0) is 20.2 Å². The van der Waals surface area contributed by atoms with Crippen LogP contribution in [0.15, 0.2) is 143 Å². The average molecular weight is 679 g/mol. The molecule has 0 atom stereocenters. The fraction of sp³-hybridized carbons (Fsp3) is 0.0526. The van der Waals surface area contributed by atoms with Crippen LogP contribution in [-0.4, -0.2) is 28.4 Å². The second-order valence-electron chi connectivity index (χ2n) is 10.8. The summed E-state index contributed by atoms with van der Waals surface area (Å²) in [6, 6.07) is 31.5. The molecule has 5 aromatic carbocycles. The van der Waals surface area contributed by atoms with Crippen LogP contribution in [0.5, 0.6) is 11.5 Å². The Balaban J connectivity index is 1.66. The Hall–Kier alpha value is -5.58. The summed E-state index contributed by atoms with van der Waals surface area (Å²) < 4.78 is 64.6. The summed E-state index contributed by atoms with van der Waals surface area (Å²) in [6.45, 7) is 3.57. The van der Waals surface area contributed by atoms with E-state index in [-0.39, 0.29) is 20.9 Å². The number of allylic oxidation sites excluding steroid dienone is 2. The summed E-state index contributed by atoms with van der Waals surface area (Å²) in [5.41, 5.74) is 2.36. The predicted molar refractivity (Wildman–Crippen MR) is 184 cm³/mol. The molecule has 8 nitrogen and oxygen atoms in total. The van der Waals surface area contributed by atoms with Crippen molar-refractivity contribution in [2.75, 3.05) is 0 Å². The van der Waals surface area contributed by atoms with Crippen molar-refractivity contribution in [2.45, 2.75) is 23.6 Å². The first-order valence-corrected chi connectivity index (χ1v) is 17.5. The molecule has 0 spiro atoms. The van der Waals surface area contributed by atoms with E-state index in [4.69, 9.17) is 8.37 Å². The Morgan fingerprint density at radius 3 is 1.21 bits per heavy atom. The molecule has 0 aliphatic carbocycles.